The van der Waals surface area contributed by atoms with Crippen molar-refractivity contribution < 1.29 is 4.79 Å². The zero-order valence-corrected chi connectivity index (χ0v) is 8.68. The number of carbonyl (C=O) groups excluding carboxylic acids is 1. The van der Waals surface area contributed by atoms with Gasteiger partial charge in [-0.3, -0.25) is 4.79 Å². The first kappa shape index (κ1) is 10.5. The van der Waals surface area contributed by atoms with Crippen LogP contribution < -0.4 is 5.32 Å². The van der Waals surface area contributed by atoms with Crippen molar-refractivity contribution >= 4 is 5.91 Å². The maximum absolute atomic E-state index is 11.2. The third kappa shape index (κ3) is 3.35. The summed E-state index contributed by atoms with van der Waals surface area (Å²) in [6.45, 7) is 5.18. The zero-order valence-electron chi connectivity index (χ0n) is 8.68. The molecule has 1 heterocycles. The summed E-state index contributed by atoms with van der Waals surface area (Å²) in [6.07, 6.45) is 3.03. The van der Waals surface area contributed by atoms with E-state index in [1.807, 2.05) is 18.9 Å². The average Bonchev–Trinajstić information content (AvgIpc) is 2.07. The van der Waals surface area contributed by atoms with Crippen molar-refractivity contribution in [1.29, 1.82) is 0 Å². The van der Waals surface area contributed by atoms with Crippen molar-refractivity contribution in [3.8, 4) is 0 Å². The molecule has 0 bridgehead atoms. The summed E-state index contributed by atoms with van der Waals surface area (Å²) in [7, 11) is 1.89. The van der Waals surface area contributed by atoms with Crippen molar-refractivity contribution in [2.75, 3.05) is 26.7 Å². The zero-order chi connectivity index (χ0) is 9.68. The molecule has 13 heavy (non-hydrogen) atoms. The Balaban J connectivity index is 2.00. The molecule has 0 aromatic rings. The van der Waals surface area contributed by atoms with Crippen LogP contribution in [0.5, 0.6) is 0 Å². The molecule has 0 aromatic carbocycles. The number of hydrogen-bond acceptors (Lipinski definition) is 2. The second-order valence-electron chi connectivity index (χ2n) is 3.84. The minimum Gasteiger partial charge on any atom is -0.346 e. The smallest absolute Gasteiger partial charge is 0.222 e. The lowest BCUT2D eigenvalue weighted by Crippen LogP contribution is -2.42. The van der Waals surface area contributed by atoms with Crippen LogP contribution in [0.4, 0.5) is 0 Å². The van der Waals surface area contributed by atoms with Crippen molar-refractivity contribution in [2.45, 2.75) is 26.2 Å². The minimum atomic E-state index is 0.256. The van der Waals surface area contributed by atoms with Crippen LogP contribution in [0.1, 0.15) is 26.2 Å². The van der Waals surface area contributed by atoms with Gasteiger partial charge in [-0.15, -0.1) is 0 Å². The SMILES string of the molecule is CCC(=O)N(C)CCCC1CNC1. The molecule has 3 nitrogen and oxygen atoms in total. The predicted octanol–water partition coefficient (Wildman–Crippen LogP) is 0.854. The Labute approximate surface area is 80.5 Å². The van der Waals surface area contributed by atoms with E-state index in [0.29, 0.717) is 6.42 Å². The highest BCUT2D eigenvalue weighted by Gasteiger charge is 2.16. The quantitative estimate of drug-likeness (QED) is 0.687. The fourth-order valence-corrected chi connectivity index (χ4v) is 1.56. The molecule has 3 heteroatoms. The van der Waals surface area contributed by atoms with Gasteiger partial charge in [0.1, 0.15) is 0 Å². The molecular formula is C10H20N2O. The second-order valence-corrected chi connectivity index (χ2v) is 3.84. The van der Waals surface area contributed by atoms with Crippen molar-refractivity contribution in [3.05, 3.63) is 0 Å². The molecular weight excluding hydrogens is 164 g/mol. The first-order chi connectivity index (χ1) is 6.24. The largest absolute Gasteiger partial charge is 0.346 e. The van der Waals surface area contributed by atoms with E-state index in [9.17, 15) is 4.79 Å². The van der Waals surface area contributed by atoms with Crippen LogP contribution in [0.15, 0.2) is 0 Å². The summed E-state index contributed by atoms with van der Waals surface area (Å²) < 4.78 is 0. The number of hydrogen-bond donors (Lipinski definition) is 1. The Morgan fingerprint density at radius 3 is 2.69 bits per heavy atom. The Kier molecular flexibility index (Phi) is 4.22. The van der Waals surface area contributed by atoms with Crippen LogP contribution in [0.25, 0.3) is 0 Å². The van der Waals surface area contributed by atoms with Crippen LogP contribution in [0, 0.1) is 5.92 Å². The maximum atomic E-state index is 11.2. The molecule has 0 unspecified atom stereocenters. The van der Waals surface area contributed by atoms with E-state index in [4.69, 9.17) is 0 Å². The molecule has 1 aliphatic rings. The van der Waals surface area contributed by atoms with Gasteiger partial charge in [0.25, 0.3) is 0 Å². The highest BCUT2D eigenvalue weighted by Crippen LogP contribution is 2.11. The molecule has 0 spiro atoms. The highest BCUT2D eigenvalue weighted by atomic mass is 16.2. The van der Waals surface area contributed by atoms with Gasteiger partial charge in [0, 0.05) is 20.0 Å². The van der Waals surface area contributed by atoms with Gasteiger partial charge in [0.2, 0.25) is 5.91 Å². The van der Waals surface area contributed by atoms with E-state index in [-0.39, 0.29) is 5.91 Å². The standard InChI is InChI=1S/C10H20N2O/c1-3-10(13)12(2)6-4-5-9-7-11-8-9/h9,11H,3-8H2,1-2H3. The summed E-state index contributed by atoms with van der Waals surface area (Å²) in [5.74, 6) is 1.12. The maximum Gasteiger partial charge on any atom is 0.222 e. The summed E-state index contributed by atoms with van der Waals surface area (Å²) >= 11 is 0. The van der Waals surface area contributed by atoms with Gasteiger partial charge in [0.05, 0.1) is 0 Å². The first-order valence-electron chi connectivity index (χ1n) is 5.18. The van der Waals surface area contributed by atoms with Gasteiger partial charge in [-0.2, -0.15) is 0 Å². The van der Waals surface area contributed by atoms with Crippen LogP contribution in [0.2, 0.25) is 0 Å². The number of rotatable bonds is 5. The van der Waals surface area contributed by atoms with Gasteiger partial charge < -0.3 is 10.2 Å². The van der Waals surface area contributed by atoms with Crippen LogP contribution >= 0.6 is 0 Å². The molecule has 0 radical (unpaired) electrons. The third-order valence-electron chi connectivity index (χ3n) is 2.70. The normalized spacial score (nSPS) is 16.8. The summed E-state index contributed by atoms with van der Waals surface area (Å²) in [4.78, 5) is 13.0. The molecule has 1 N–H and O–H groups in total. The van der Waals surface area contributed by atoms with E-state index in [0.717, 1.165) is 18.9 Å². The minimum absolute atomic E-state index is 0.256. The Hall–Kier alpha value is -0.570. The summed E-state index contributed by atoms with van der Waals surface area (Å²) in [5.41, 5.74) is 0. The molecule has 1 rings (SSSR count). The van der Waals surface area contributed by atoms with E-state index < -0.39 is 0 Å². The Morgan fingerprint density at radius 1 is 1.54 bits per heavy atom. The van der Waals surface area contributed by atoms with Gasteiger partial charge in [0.15, 0.2) is 0 Å². The predicted molar refractivity (Wildman–Crippen MR) is 53.5 cm³/mol. The van der Waals surface area contributed by atoms with E-state index in [1.165, 1.54) is 19.5 Å². The molecule has 1 fully saturated rings. The third-order valence-corrected chi connectivity index (χ3v) is 2.70. The van der Waals surface area contributed by atoms with E-state index in [2.05, 4.69) is 5.32 Å². The number of nitrogens with zero attached hydrogens (tertiary/aromatic N) is 1. The lowest BCUT2D eigenvalue weighted by Gasteiger charge is -2.27. The summed E-state index contributed by atoms with van der Waals surface area (Å²) in [6, 6.07) is 0. The monoisotopic (exact) mass is 184 g/mol. The number of nitrogens with one attached hydrogen (secondary N) is 1. The highest BCUT2D eigenvalue weighted by molar-refractivity contribution is 5.75. The molecule has 1 amide bonds. The van der Waals surface area contributed by atoms with Crippen molar-refractivity contribution in [3.63, 3.8) is 0 Å². The van der Waals surface area contributed by atoms with Crippen LogP contribution in [-0.4, -0.2) is 37.5 Å². The number of carbonyl (C=O) groups is 1. The fraction of sp³-hybridized carbons (Fsp3) is 0.900. The second kappa shape index (κ2) is 5.22. The average molecular weight is 184 g/mol. The van der Waals surface area contributed by atoms with Crippen molar-refractivity contribution in [1.82, 2.24) is 10.2 Å². The fourth-order valence-electron chi connectivity index (χ4n) is 1.56. The lowest BCUT2D eigenvalue weighted by atomic mass is 9.97. The molecule has 0 saturated carbocycles. The van der Waals surface area contributed by atoms with Gasteiger partial charge in [-0.1, -0.05) is 6.92 Å². The number of amides is 1. The Bertz CT molecular complexity index is 166. The van der Waals surface area contributed by atoms with E-state index in [1.54, 1.807) is 0 Å². The summed E-state index contributed by atoms with van der Waals surface area (Å²) in [5, 5.41) is 3.25. The van der Waals surface area contributed by atoms with Crippen LogP contribution in [-0.2, 0) is 4.79 Å². The molecule has 76 valence electrons. The van der Waals surface area contributed by atoms with Crippen molar-refractivity contribution in [2.24, 2.45) is 5.92 Å². The van der Waals surface area contributed by atoms with Gasteiger partial charge in [-0.05, 0) is 31.8 Å². The first-order valence-corrected chi connectivity index (χ1v) is 5.18. The Morgan fingerprint density at radius 2 is 2.23 bits per heavy atom. The molecule has 1 aliphatic heterocycles. The topological polar surface area (TPSA) is 32.3 Å². The molecule has 1 saturated heterocycles. The van der Waals surface area contributed by atoms with Gasteiger partial charge >= 0.3 is 0 Å². The van der Waals surface area contributed by atoms with E-state index >= 15 is 0 Å². The molecule has 0 aromatic heterocycles. The molecule has 0 aliphatic carbocycles. The van der Waals surface area contributed by atoms with Gasteiger partial charge in [-0.25, -0.2) is 0 Å². The molecule has 0 atom stereocenters. The van der Waals surface area contributed by atoms with Crippen LogP contribution in [0.3, 0.4) is 0 Å². The lowest BCUT2D eigenvalue weighted by molar-refractivity contribution is -0.129.